The molecule has 2 aromatic rings. The van der Waals surface area contributed by atoms with Crippen molar-refractivity contribution in [3.05, 3.63) is 46.7 Å². The molecule has 0 unspecified atom stereocenters. The number of carbonyl (C=O) groups is 1. The molecule has 0 aliphatic rings. The second-order valence-corrected chi connectivity index (χ2v) is 4.26. The number of halogens is 1. The maximum Gasteiger partial charge on any atom is 0.307 e. The van der Waals surface area contributed by atoms with Crippen molar-refractivity contribution in [3.63, 3.8) is 0 Å². The van der Waals surface area contributed by atoms with E-state index in [2.05, 4.69) is 21.0 Å². The summed E-state index contributed by atoms with van der Waals surface area (Å²) < 4.78 is 2.65. The fraction of sp³-hybridized carbons (Fsp3) is 0.0909. The van der Waals surface area contributed by atoms with Gasteiger partial charge < -0.3 is 5.11 Å². The highest BCUT2D eigenvalue weighted by Gasteiger charge is 2.04. The van der Waals surface area contributed by atoms with Crippen LogP contribution in [0, 0.1) is 0 Å². The zero-order valence-electron chi connectivity index (χ0n) is 8.30. The van der Waals surface area contributed by atoms with E-state index in [0.29, 0.717) is 5.56 Å². The lowest BCUT2D eigenvalue weighted by Crippen LogP contribution is -1.98. The molecule has 0 saturated carbocycles. The predicted molar refractivity (Wildman–Crippen MR) is 62.6 cm³/mol. The summed E-state index contributed by atoms with van der Waals surface area (Å²) in [5.74, 6) is -0.852. The van der Waals surface area contributed by atoms with Crippen LogP contribution in [0.4, 0.5) is 0 Å². The average Bonchev–Trinajstić information content (AvgIpc) is 2.66. The zero-order valence-corrected chi connectivity index (χ0v) is 9.89. The molecule has 0 fully saturated rings. The van der Waals surface area contributed by atoms with Crippen LogP contribution in [0.5, 0.6) is 0 Å². The molecule has 1 heterocycles. The minimum absolute atomic E-state index is 0.00344. The first kappa shape index (κ1) is 10.9. The molecule has 2 rings (SSSR count). The van der Waals surface area contributed by atoms with Gasteiger partial charge in [-0.05, 0) is 24.3 Å². The summed E-state index contributed by atoms with van der Waals surface area (Å²) in [7, 11) is 0. The zero-order chi connectivity index (χ0) is 11.5. The van der Waals surface area contributed by atoms with E-state index in [1.807, 2.05) is 24.3 Å². The molecule has 5 heteroatoms. The van der Waals surface area contributed by atoms with Crippen molar-refractivity contribution in [2.24, 2.45) is 0 Å². The Bertz CT molecular complexity index is 505. The third-order valence-corrected chi connectivity index (χ3v) is 2.61. The number of nitrogens with zero attached hydrogens (tertiary/aromatic N) is 2. The molecule has 16 heavy (non-hydrogen) atoms. The van der Waals surface area contributed by atoms with Crippen molar-refractivity contribution < 1.29 is 9.90 Å². The fourth-order valence-electron chi connectivity index (χ4n) is 1.36. The molecular formula is C11H9BrN2O2. The van der Waals surface area contributed by atoms with Crippen LogP contribution in [-0.4, -0.2) is 20.9 Å². The molecule has 1 aromatic heterocycles. The highest BCUT2D eigenvalue weighted by molar-refractivity contribution is 9.10. The number of rotatable bonds is 3. The van der Waals surface area contributed by atoms with Crippen LogP contribution in [0.15, 0.2) is 41.1 Å². The van der Waals surface area contributed by atoms with Crippen LogP contribution < -0.4 is 0 Å². The summed E-state index contributed by atoms with van der Waals surface area (Å²) in [6.45, 7) is 0. The summed E-state index contributed by atoms with van der Waals surface area (Å²) in [5.41, 5.74) is 1.59. The van der Waals surface area contributed by atoms with E-state index in [4.69, 9.17) is 5.11 Å². The van der Waals surface area contributed by atoms with Gasteiger partial charge in [0, 0.05) is 16.2 Å². The lowest BCUT2D eigenvalue weighted by molar-refractivity contribution is -0.136. The van der Waals surface area contributed by atoms with E-state index >= 15 is 0 Å². The van der Waals surface area contributed by atoms with E-state index in [1.165, 1.54) is 0 Å². The van der Waals surface area contributed by atoms with Crippen molar-refractivity contribution in [2.75, 3.05) is 0 Å². The Hall–Kier alpha value is -1.62. The van der Waals surface area contributed by atoms with E-state index in [1.54, 1.807) is 17.1 Å². The Morgan fingerprint density at radius 3 is 2.69 bits per heavy atom. The molecule has 82 valence electrons. The molecule has 1 N–H and O–H groups in total. The lowest BCUT2D eigenvalue weighted by atomic mass is 10.2. The van der Waals surface area contributed by atoms with Crippen LogP contribution in [0.2, 0.25) is 0 Å². The third kappa shape index (κ3) is 2.49. The smallest absolute Gasteiger partial charge is 0.307 e. The van der Waals surface area contributed by atoms with Gasteiger partial charge in [-0.1, -0.05) is 15.9 Å². The quantitative estimate of drug-likeness (QED) is 0.938. The summed E-state index contributed by atoms with van der Waals surface area (Å²) in [5, 5.41) is 12.7. The van der Waals surface area contributed by atoms with Crippen LogP contribution in [0.25, 0.3) is 5.69 Å². The fourth-order valence-corrected chi connectivity index (χ4v) is 1.63. The first-order valence-electron chi connectivity index (χ1n) is 4.66. The molecule has 0 saturated heterocycles. The summed E-state index contributed by atoms with van der Waals surface area (Å²) in [6.07, 6.45) is 3.28. The van der Waals surface area contributed by atoms with E-state index in [-0.39, 0.29) is 6.42 Å². The molecule has 0 radical (unpaired) electrons. The van der Waals surface area contributed by atoms with Gasteiger partial charge in [0.15, 0.2) is 0 Å². The largest absolute Gasteiger partial charge is 0.481 e. The minimum Gasteiger partial charge on any atom is -0.481 e. The number of hydrogen-bond donors (Lipinski definition) is 1. The van der Waals surface area contributed by atoms with Gasteiger partial charge in [-0.15, -0.1) is 0 Å². The van der Waals surface area contributed by atoms with Crippen molar-refractivity contribution in [3.8, 4) is 5.69 Å². The second kappa shape index (κ2) is 4.49. The van der Waals surface area contributed by atoms with Gasteiger partial charge in [0.1, 0.15) is 0 Å². The Labute approximate surface area is 101 Å². The van der Waals surface area contributed by atoms with E-state index in [0.717, 1.165) is 10.2 Å². The SMILES string of the molecule is O=C(O)Cc1cnn(-c2ccc(Br)cc2)c1. The molecule has 0 bridgehead atoms. The topological polar surface area (TPSA) is 55.1 Å². The van der Waals surface area contributed by atoms with Crippen molar-refractivity contribution in [1.82, 2.24) is 9.78 Å². The second-order valence-electron chi connectivity index (χ2n) is 3.34. The van der Waals surface area contributed by atoms with Gasteiger partial charge >= 0.3 is 5.97 Å². The molecular weight excluding hydrogens is 272 g/mol. The number of hydrogen-bond acceptors (Lipinski definition) is 2. The number of carboxylic acids is 1. The van der Waals surface area contributed by atoms with Gasteiger partial charge in [0.2, 0.25) is 0 Å². The number of benzene rings is 1. The monoisotopic (exact) mass is 280 g/mol. The van der Waals surface area contributed by atoms with Gasteiger partial charge in [0.05, 0.1) is 18.3 Å². The van der Waals surface area contributed by atoms with Crippen molar-refractivity contribution in [2.45, 2.75) is 6.42 Å². The number of carboxylic acid groups (broad SMARTS) is 1. The maximum absolute atomic E-state index is 10.5. The highest BCUT2D eigenvalue weighted by atomic mass is 79.9. The molecule has 0 amide bonds. The molecule has 0 atom stereocenters. The lowest BCUT2D eigenvalue weighted by Gasteiger charge is -2.00. The van der Waals surface area contributed by atoms with Crippen molar-refractivity contribution >= 4 is 21.9 Å². The number of aromatic nitrogens is 2. The van der Waals surface area contributed by atoms with Gasteiger partial charge in [0.25, 0.3) is 0 Å². The Morgan fingerprint density at radius 1 is 1.38 bits per heavy atom. The highest BCUT2D eigenvalue weighted by Crippen LogP contribution is 2.14. The molecule has 0 spiro atoms. The summed E-state index contributed by atoms with van der Waals surface area (Å²) in [4.78, 5) is 10.5. The summed E-state index contributed by atoms with van der Waals surface area (Å²) >= 11 is 3.35. The normalized spacial score (nSPS) is 10.3. The van der Waals surface area contributed by atoms with Crippen LogP contribution >= 0.6 is 15.9 Å². The van der Waals surface area contributed by atoms with Gasteiger partial charge in [-0.25, -0.2) is 4.68 Å². The first-order valence-corrected chi connectivity index (χ1v) is 5.46. The molecule has 0 aliphatic carbocycles. The Kier molecular flexibility index (Phi) is 3.05. The van der Waals surface area contributed by atoms with E-state index in [9.17, 15) is 4.79 Å². The van der Waals surface area contributed by atoms with Crippen LogP contribution in [-0.2, 0) is 11.2 Å². The van der Waals surface area contributed by atoms with Crippen molar-refractivity contribution in [1.29, 1.82) is 0 Å². The Balaban J connectivity index is 2.24. The summed E-state index contributed by atoms with van der Waals surface area (Å²) in [6, 6.07) is 7.63. The molecule has 1 aromatic carbocycles. The number of aliphatic carboxylic acids is 1. The van der Waals surface area contributed by atoms with Crippen LogP contribution in [0.1, 0.15) is 5.56 Å². The molecule has 4 nitrogen and oxygen atoms in total. The third-order valence-electron chi connectivity index (χ3n) is 2.08. The maximum atomic E-state index is 10.5. The van der Waals surface area contributed by atoms with Gasteiger partial charge in [-0.3, -0.25) is 4.79 Å². The molecule has 0 aliphatic heterocycles. The minimum atomic E-state index is -0.852. The standard InChI is InChI=1S/C11H9BrN2O2/c12-9-1-3-10(4-2-9)14-7-8(6-13-14)5-11(15)16/h1-4,6-7H,5H2,(H,15,16). The first-order chi connectivity index (χ1) is 7.65. The van der Waals surface area contributed by atoms with E-state index < -0.39 is 5.97 Å². The van der Waals surface area contributed by atoms with Gasteiger partial charge in [-0.2, -0.15) is 5.10 Å². The predicted octanol–water partition coefficient (Wildman–Crippen LogP) is 2.26. The average molecular weight is 281 g/mol. The van der Waals surface area contributed by atoms with Crippen LogP contribution in [0.3, 0.4) is 0 Å². The Morgan fingerprint density at radius 2 is 2.06 bits per heavy atom.